The molecule has 2 heterocycles. The van der Waals surface area contributed by atoms with E-state index in [1.165, 1.54) is 50.5 Å². The highest BCUT2D eigenvalue weighted by Gasteiger charge is 2.22. The molecule has 28 heavy (non-hydrogen) atoms. The van der Waals surface area contributed by atoms with Gasteiger partial charge in [-0.3, -0.25) is 9.69 Å². The van der Waals surface area contributed by atoms with Crippen LogP contribution in [0.5, 0.6) is 0 Å². The number of carbonyl (C=O) groups excluding carboxylic acids is 1. The number of amides is 1. The van der Waals surface area contributed by atoms with E-state index in [4.69, 9.17) is 4.74 Å². The smallest absolute Gasteiger partial charge is 0.222 e. The lowest BCUT2D eigenvalue weighted by Crippen LogP contribution is -2.38. The third-order valence-corrected chi connectivity index (χ3v) is 6.36. The lowest BCUT2D eigenvalue weighted by molar-refractivity contribution is -0.132. The molecule has 3 rings (SSSR count). The zero-order chi connectivity index (χ0) is 19.4. The van der Waals surface area contributed by atoms with Gasteiger partial charge in [0.05, 0.1) is 13.2 Å². The first-order valence-electron chi connectivity index (χ1n) is 11.4. The monoisotopic (exact) mass is 386 g/mol. The molecule has 1 aromatic rings. The Kier molecular flexibility index (Phi) is 9.31. The Morgan fingerprint density at radius 1 is 0.929 bits per heavy atom. The second kappa shape index (κ2) is 12.2. The van der Waals surface area contributed by atoms with E-state index in [0.717, 1.165) is 64.7 Å². The van der Waals surface area contributed by atoms with Crippen molar-refractivity contribution in [2.75, 3.05) is 45.9 Å². The third kappa shape index (κ3) is 7.56. The Hall–Kier alpha value is -1.39. The van der Waals surface area contributed by atoms with Gasteiger partial charge in [0.15, 0.2) is 0 Å². The summed E-state index contributed by atoms with van der Waals surface area (Å²) >= 11 is 0. The molecule has 0 radical (unpaired) electrons. The highest BCUT2D eigenvalue weighted by atomic mass is 16.5. The van der Waals surface area contributed by atoms with Crippen molar-refractivity contribution >= 4 is 5.91 Å². The molecule has 2 fully saturated rings. The number of ether oxygens (including phenoxy) is 1. The SMILES string of the molecule is O=C(CCCCCN1CCOCC1)N1CCC(CCCc2ccccc2)CC1. The average molecular weight is 387 g/mol. The number of hydrogen-bond acceptors (Lipinski definition) is 3. The summed E-state index contributed by atoms with van der Waals surface area (Å²) in [6.45, 7) is 7.00. The van der Waals surface area contributed by atoms with Crippen molar-refractivity contribution in [2.24, 2.45) is 5.92 Å². The third-order valence-electron chi connectivity index (χ3n) is 6.36. The number of carbonyl (C=O) groups is 1. The van der Waals surface area contributed by atoms with Crippen LogP contribution < -0.4 is 0 Å². The summed E-state index contributed by atoms with van der Waals surface area (Å²) in [6, 6.07) is 10.8. The topological polar surface area (TPSA) is 32.8 Å². The van der Waals surface area contributed by atoms with Crippen LogP contribution in [0.4, 0.5) is 0 Å². The molecule has 2 saturated heterocycles. The van der Waals surface area contributed by atoms with Crippen molar-refractivity contribution in [1.82, 2.24) is 9.80 Å². The van der Waals surface area contributed by atoms with E-state index < -0.39 is 0 Å². The van der Waals surface area contributed by atoms with Crippen LogP contribution in [0.3, 0.4) is 0 Å². The second-order valence-corrected chi connectivity index (χ2v) is 8.47. The molecule has 0 saturated carbocycles. The molecular weight excluding hydrogens is 348 g/mol. The number of hydrogen-bond donors (Lipinski definition) is 0. The summed E-state index contributed by atoms with van der Waals surface area (Å²) in [4.78, 5) is 17.1. The lowest BCUT2D eigenvalue weighted by atomic mass is 9.90. The molecule has 0 N–H and O–H groups in total. The number of rotatable bonds is 10. The Labute approximate surface area is 171 Å². The van der Waals surface area contributed by atoms with Gasteiger partial charge in [-0.1, -0.05) is 36.8 Å². The molecule has 0 unspecified atom stereocenters. The molecular formula is C24H38N2O2. The van der Waals surface area contributed by atoms with Crippen molar-refractivity contribution in [1.29, 1.82) is 0 Å². The molecule has 0 bridgehead atoms. The minimum Gasteiger partial charge on any atom is -0.379 e. The average Bonchev–Trinajstić information content (AvgIpc) is 2.75. The van der Waals surface area contributed by atoms with E-state index in [9.17, 15) is 4.79 Å². The van der Waals surface area contributed by atoms with Crippen molar-refractivity contribution in [3.63, 3.8) is 0 Å². The Morgan fingerprint density at radius 2 is 1.68 bits per heavy atom. The number of likely N-dealkylation sites (tertiary alicyclic amines) is 1. The summed E-state index contributed by atoms with van der Waals surface area (Å²) < 4.78 is 5.38. The van der Waals surface area contributed by atoms with Gasteiger partial charge >= 0.3 is 0 Å². The maximum atomic E-state index is 12.5. The van der Waals surface area contributed by atoms with Gasteiger partial charge in [-0.2, -0.15) is 0 Å². The molecule has 0 spiro atoms. The Morgan fingerprint density at radius 3 is 2.43 bits per heavy atom. The molecule has 2 aliphatic rings. The van der Waals surface area contributed by atoms with Gasteiger partial charge in [0.25, 0.3) is 0 Å². The maximum absolute atomic E-state index is 12.5. The molecule has 2 aliphatic heterocycles. The van der Waals surface area contributed by atoms with Gasteiger partial charge in [-0.25, -0.2) is 0 Å². The quantitative estimate of drug-likeness (QED) is 0.567. The fourth-order valence-electron chi connectivity index (χ4n) is 4.48. The van der Waals surface area contributed by atoms with Gasteiger partial charge in [0.2, 0.25) is 5.91 Å². The van der Waals surface area contributed by atoms with Gasteiger partial charge in [0, 0.05) is 32.6 Å². The molecule has 1 amide bonds. The van der Waals surface area contributed by atoms with Crippen LogP contribution in [-0.2, 0) is 16.0 Å². The Bertz CT molecular complexity index is 549. The zero-order valence-electron chi connectivity index (χ0n) is 17.5. The second-order valence-electron chi connectivity index (χ2n) is 8.47. The fraction of sp³-hybridized carbons (Fsp3) is 0.708. The minimum absolute atomic E-state index is 0.383. The van der Waals surface area contributed by atoms with Crippen molar-refractivity contribution in [3.8, 4) is 0 Å². The molecule has 0 aromatic heterocycles. The van der Waals surface area contributed by atoms with Crippen molar-refractivity contribution < 1.29 is 9.53 Å². The summed E-state index contributed by atoms with van der Waals surface area (Å²) in [5.74, 6) is 1.19. The summed E-state index contributed by atoms with van der Waals surface area (Å²) in [7, 11) is 0. The standard InChI is InChI=1S/C24H38N2O2/c27-24(12-5-2-6-15-25-18-20-28-21-19-25)26-16-13-23(14-17-26)11-7-10-22-8-3-1-4-9-22/h1,3-4,8-9,23H,2,5-7,10-21H2. The first kappa shape index (κ1) is 21.3. The van der Waals surface area contributed by atoms with Crippen LogP contribution in [0.2, 0.25) is 0 Å². The molecule has 1 aromatic carbocycles. The largest absolute Gasteiger partial charge is 0.379 e. The lowest BCUT2D eigenvalue weighted by Gasteiger charge is -2.32. The molecule has 156 valence electrons. The van der Waals surface area contributed by atoms with Crippen LogP contribution in [0.1, 0.15) is 56.9 Å². The van der Waals surface area contributed by atoms with Crippen LogP contribution >= 0.6 is 0 Å². The van der Waals surface area contributed by atoms with Crippen LogP contribution in [0, 0.1) is 5.92 Å². The highest BCUT2D eigenvalue weighted by Crippen LogP contribution is 2.23. The number of morpholine rings is 1. The van der Waals surface area contributed by atoms with E-state index in [0.29, 0.717) is 5.91 Å². The number of aryl methyl sites for hydroxylation is 1. The summed E-state index contributed by atoms with van der Waals surface area (Å²) in [5, 5.41) is 0. The summed E-state index contributed by atoms with van der Waals surface area (Å²) in [5.41, 5.74) is 1.45. The predicted molar refractivity (Wildman–Crippen MR) is 114 cm³/mol. The van der Waals surface area contributed by atoms with E-state index in [2.05, 4.69) is 40.1 Å². The first-order valence-corrected chi connectivity index (χ1v) is 11.4. The van der Waals surface area contributed by atoms with E-state index in [1.807, 2.05) is 0 Å². The molecule has 4 heteroatoms. The zero-order valence-corrected chi connectivity index (χ0v) is 17.5. The van der Waals surface area contributed by atoms with Crippen LogP contribution in [-0.4, -0.2) is 61.6 Å². The summed E-state index contributed by atoms with van der Waals surface area (Å²) in [6.07, 6.45) is 10.3. The van der Waals surface area contributed by atoms with Gasteiger partial charge in [-0.15, -0.1) is 0 Å². The van der Waals surface area contributed by atoms with Gasteiger partial charge in [-0.05, 0) is 63.0 Å². The maximum Gasteiger partial charge on any atom is 0.222 e. The molecule has 0 atom stereocenters. The number of nitrogens with zero attached hydrogens (tertiary/aromatic N) is 2. The highest BCUT2D eigenvalue weighted by molar-refractivity contribution is 5.76. The first-order chi connectivity index (χ1) is 13.8. The van der Waals surface area contributed by atoms with Crippen molar-refractivity contribution in [3.05, 3.63) is 35.9 Å². The predicted octanol–water partition coefficient (Wildman–Crippen LogP) is 4.14. The molecule has 0 aliphatic carbocycles. The Balaban J connectivity index is 1.20. The van der Waals surface area contributed by atoms with Gasteiger partial charge < -0.3 is 9.64 Å². The molecule has 4 nitrogen and oxygen atoms in total. The normalized spacial score (nSPS) is 19.1. The fourth-order valence-corrected chi connectivity index (χ4v) is 4.48. The minimum atomic E-state index is 0.383. The van der Waals surface area contributed by atoms with Crippen LogP contribution in [0.25, 0.3) is 0 Å². The van der Waals surface area contributed by atoms with Crippen molar-refractivity contribution in [2.45, 2.75) is 57.8 Å². The number of unbranched alkanes of at least 4 members (excludes halogenated alkanes) is 2. The number of piperidine rings is 1. The van der Waals surface area contributed by atoms with E-state index in [-0.39, 0.29) is 0 Å². The van der Waals surface area contributed by atoms with Crippen LogP contribution in [0.15, 0.2) is 30.3 Å². The van der Waals surface area contributed by atoms with E-state index in [1.54, 1.807) is 0 Å². The van der Waals surface area contributed by atoms with E-state index >= 15 is 0 Å². The number of benzene rings is 1. The van der Waals surface area contributed by atoms with Gasteiger partial charge in [0.1, 0.15) is 0 Å².